The van der Waals surface area contributed by atoms with E-state index in [1.54, 1.807) is 32.4 Å². The molecule has 9 heteroatoms. The highest BCUT2D eigenvalue weighted by atomic mass is 32.2. The lowest BCUT2D eigenvalue weighted by Crippen LogP contribution is -2.62. The highest BCUT2D eigenvalue weighted by molar-refractivity contribution is 7.89. The van der Waals surface area contributed by atoms with E-state index in [2.05, 4.69) is 14.9 Å². The number of hydrogen-bond acceptors (Lipinski definition) is 6. The summed E-state index contributed by atoms with van der Waals surface area (Å²) in [7, 11) is -0.410. The SMILES string of the molecule is COC[C@@H]1[C@@H](NS(=O)(=O)c2cccc3nn(C)nc23)[C@@H]2CCO[C@H]12. The van der Waals surface area contributed by atoms with Crippen molar-refractivity contribution in [2.75, 3.05) is 20.3 Å². The van der Waals surface area contributed by atoms with Crippen molar-refractivity contribution in [3.8, 4) is 0 Å². The Kier molecular flexibility index (Phi) is 3.83. The van der Waals surface area contributed by atoms with Gasteiger partial charge in [0.1, 0.15) is 15.9 Å². The molecule has 0 amide bonds. The summed E-state index contributed by atoms with van der Waals surface area (Å²) < 4.78 is 39.6. The van der Waals surface area contributed by atoms with Crippen molar-refractivity contribution in [1.82, 2.24) is 19.7 Å². The second-order valence-electron chi connectivity index (χ2n) is 6.37. The van der Waals surface area contributed by atoms with Gasteiger partial charge in [0.05, 0.1) is 12.7 Å². The number of nitrogens with one attached hydrogen (secondary N) is 1. The van der Waals surface area contributed by atoms with Gasteiger partial charge in [-0.2, -0.15) is 15.0 Å². The topological polar surface area (TPSA) is 95.3 Å². The van der Waals surface area contributed by atoms with Crippen LogP contribution in [0.5, 0.6) is 0 Å². The Hall–Kier alpha value is -1.55. The molecule has 1 aromatic heterocycles. The van der Waals surface area contributed by atoms with E-state index in [9.17, 15) is 8.42 Å². The summed E-state index contributed by atoms with van der Waals surface area (Å²) in [4.78, 5) is 1.54. The number of fused-ring (bicyclic) bond motifs is 2. The molecule has 24 heavy (non-hydrogen) atoms. The number of sulfonamides is 1. The molecule has 8 nitrogen and oxygen atoms in total. The Balaban J connectivity index is 1.65. The third-order valence-electron chi connectivity index (χ3n) is 4.94. The summed E-state index contributed by atoms with van der Waals surface area (Å²) in [6.45, 7) is 1.15. The molecule has 1 aliphatic heterocycles. The summed E-state index contributed by atoms with van der Waals surface area (Å²) in [5, 5.41) is 8.36. The normalized spacial score (nSPS) is 29.6. The lowest BCUT2D eigenvalue weighted by Gasteiger charge is -2.47. The molecular weight excluding hydrogens is 332 g/mol. The fraction of sp³-hybridized carbons (Fsp3) is 0.600. The molecule has 1 aromatic carbocycles. The van der Waals surface area contributed by atoms with Crippen molar-refractivity contribution in [3.63, 3.8) is 0 Å². The Labute approximate surface area is 140 Å². The van der Waals surface area contributed by atoms with Gasteiger partial charge in [0.25, 0.3) is 0 Å². The van der Waals surface area contributed by atoms with E-state index in [4.69, 9.17) is 9.47 Å². The maximum atomic E-state index is 12.9. The van der Waals surface area contributed by atoms with Gasteiger partial charge < -0.3 is 9.47 Å². The van der Waals surface area contributed by atoms with Gasteiger partial charge in [-0.3, -0.25) is 0 Å². The maximum absolute atomic E-state index is 12.9. The first kappa shape index (κ1) is 15.9. The van der Waals surface area contributed by atoms with Gasteiger partial charge in [-0.1, -0.05) is 6.07 Å². The zero-order chi connectivity index (χ0) is 16.9. The van der Waals surface area contributed by atoms with Gasteiger partial charge in [-0.05, 0) is 18.6 Å². The molecule has 4 atom stereocenters. The van der Waals surface area contributed by atoms with E-state index < -0.39 is 10.0 Å². The van der Waals surface area contributed by atoms with E-state index in [0.29, 0.717) is 24.2 Å². The van der Waals surface area contributed by atoms with E-state index in [-0.39, 0.29) is 28.9 Å². The molecule has 1 saturated carbocycles. The molecule has 1 aliphatic carbocycles. The van der Waals surface area contributed by atoms with Crippen molar-refractivity contribution < 1.29 is 17.9 Å². The van der Waals surface area contributed by atoms with Crippen LogP contribution in [-0.4, -0.2) is 55.9 Å². The van der Waals surface area contributed by atoms with E-state index in [0.717, 1.165) is 6.42 Å². The first-order valence-corrected chi connectivity index (χ1v) is 9.42. The number of rotatable bonds is 5. The number of methoxy groups -OCH3 is 1. The molecule has 0 unspecified atom stereocenters. The quantitative estimate of drug-likeness (QED) is 0.831. The summed E-state index contributed by atoms with van der Waals surface area (Å²) in [6.07, 6.45) is 0.956. The lowest BCUT2D eigenvalue weighted by atomic mass is 9.68. The third kappa shape index (κ3) is 2.43. The molecule has 1 saturated heterocycles. The molecule has 0 spiro atoms. The number of hydrogen-bond donors (Lipinski definition) is 1. The van der Waals surface area contributed by atoms with Crippen LogP contribution in [0.2, 0.25) is 0 Å². The number of nitrogens with zero attached hydrogens (tertiary/aromatic N) is 3. The van der Waals surface area contributed by atoms with Crippen LogP contribution in [0.1, 0.15) is 6.42 Å². The molecule has 0 radical (unpaired) electrons. The number of aryl methyl sites for hydroxylation is 1. The molecule has 2 aliphatic rings. The number of ether oxygens (including phenoxy) is 2. The van der Waals surface area contributed by atoms with Crippen LogP contribution in [0.15, 0.2) is 23.1 Å². The Bertz CT molecular complexity index is 865. The van der Waals surface area contributed by atoms with Gasteiger partial charge >= 0.3 is 0 Å². The second-order valence-corrected chi connectivity index (χ2v) is 8.05. The van der Waals surface area contributed by atoms with Crippen LogP contribution in [0.4, 0.5) is 0 Å². The molecular formula is C15H20N4O4S. The standard InChI is InChI=1S/C15H20N4O4S/c1-19-16-11-4-3-5-12(14(11)17-19)24(20,21)18-13-9-6-7-23-15(9)10(13)8-22-2/h3-5,9-10,13,15,18H,6-8H2,1-2H3/t9-,10+,13-,15-/m0/s1. The molecule has 1 N–H and O–H groups in total. The summed E-state index contributed by atoms with van der Waals surface area (Å²) in [6, 6.07) is 4.82. The van der Waals surface area contributed by atoms with Crippen LogP contribution in [0.3, 0.4) is 0 Å². The highest BCUT2D eigenvalue weighted by Crippen LogP contribution is 2.44. The Morgan fingerprint density at radius 2 is 2.25 bits per heavy atom. The van der Waals surface area contributed by atoms with Crippen LogP contribution in [0.25, 0.3) is 11.0 Å². The minimum atomic E-state index is -3.70. The van der Waals surface area contributed by atoms with Gasteiger partial charge in [0.2, 0.25) is 10.0 Å². The lowest BCUT2D eigenvalue weighted by molar-refractivity contribution is -0.0775. The zero-order valence-electron chi connectivity index (χ0n) is 13.5. The number of benzene rings is 1. The predicted molar refractivity (Wildman–Crippen MR) is 85.8 cm³/mol. The smallest absolute Gasteiger partial charge is 0.243 e. The Morgan fingerprint density at radius 3 is 3.04 bits per heavy atom. The first-order valence-electron chi connectivity index (χ1n) is 7.94. The molecule has 0 bridgehead atoms. The monoisotopic (exact) mass is 352 g/mol. The summed E-state index contributed by atoms with van der Waals surface area (Å²) in [5.74, 6) is 0.249. The fourth-order valence-corrected chi connectivity index (χ4v) is 5.36. The summed E-state index contributed by atoms with van der Waals surface area (Å²) >= 11 is 0. The predicted octanol–water partition coefficient (Wildman–Crippen LogP) is 0.296. The zero-order valence-corrected chi connectivity index (χ0v) is 14.4. The first-order chi connectivity index (χ1) is 11.5. The van der Waals surface area contributed by atoms with Crippen molar-refractivity contribution in [2.24, 2.45) is 18.9 Å². The largest absolute Gasteiger partial charge is 0.384 e. The minimum Gasteiger partial charge on any atom is -0.384 e. The number of aromatic nitrogens is 3. The van der Waals surface area contributed by atoms with Crippen molar-refractivity contribution in [2.45, 2.75) is 23.5 Å². The highest BCUT2D eigenvalue weighted by Gasteiger charge is 2.55. The molecule has 2 fully saturated rings. The van der Waals surface area contributed by atoms with Crippen LogP contribution in [-0.2, 0) is 26.5 Å². The van der Waals surface area contributed by atoms with E-state index in [1.165, 1.54) is 4.80 Å². The van der Waals surface area contributed by atoms with Crippen LogP contribution in [0, 0.1) is 11.8 Å². The van der Waals surface area contributed by atoms with E-state index in [1.807, 2.05) is 0 Å². The average molecular weight is 352 g/mol. The maximum Gasteiger partial charge on any atom is 0.243 e. The van der Waals surface area contributed by atoms with Crippen molar-refractivity contribution in [1.29, 1.82) is 0 Å². The van der Waals surface area contributed by atoms with Gasteiger partial charge in [-0.15, -0.1) is 0 Å². The average Bonchev–Trinajstić information content (AvgIpc) is 3.12. The van der Waals surface area contributed by atoms with Crippen molar-refractivity contribution >= 4 is 21.1 Å². The van der Waals surface area contributed by atoms with Crippen LogP contribution < -0.4 is 4.72 Å². The van der Waals surface area contributed by atoms with E-state index >= 15 is 0 Å². The minimum absolute atomic E-state index is 0.0401. The van der Waals surface area contributed by atoms with Crippen LogP contribution >= 0.6 is 0 Å². The van der Waals surface area contributed by atoms with Gasteiger partial charge in [0.15, 0.2) is 0 Å². The van der Waals surface area contributed by atoms with Gasteiger partial charge in [-0.25, -0.2) is 13.1 Å². The third-order valence-corrected chi connectivity index (χ3v) is 6.43. The van der Waals surface area contributed by atoms with Gasteiger partial charge in [0, 0.05) is 38.6 Å². The summed E-state index contributed by atoms with van der Waals surface area (Å²) in [5.41, 5.74) is 0.943. The Morgan fingerprint density at radius 1 is 1.42 bits per heavy atom. The molecule has 2 heterocycles. The molecule has 130 valence electrons. The van der Waals surface area contributed by atoms with Crippen molar-refractivity contribution in [3.05, 3.63) is 18.2 Å². The molecule has 2 aromatic rings. The molecule has 4 rings (SSSR count). The fourth-order valence-electron chi connectivity index (χ4n) is 3.87. The second kappa shape index (κ2) is 5.76.